The van der Waals surface area contributed by atoms with Crippen molar-refractivity contribution in [3.05, 3.63) is 12.7 Å². The molecule has 2 N–H and O–H groups in total. The topological polar surface area (TPSA) is 86.4 Å². The van der Waals surface area contributed by atoms with Crippen LogP contribution in [0.15, 0.2) is 12.7 Å². The number of hydrogen-bond donors (Lipinski definition) is 2. The summed E-state index contributed by atoms with van der Waals surface area (Å²) in [5.41, 5.74) is 0. The molecule has 0 spiro atoms. The van der Waals surface area contributed by atoms with Gasteiger partial charge in [-0.3, -0.25) is 9.69 Å². The number of piperazine rings is 1. The third kappa shape index (κ3) is 4.62. The lowest BCUT2D eigenvalue weighted by Crippen LogP contribution is -2.77. The Balaban J connectivity index is 1.31. The molecule has 5 heterocycles. The van der Waals surface area contributed by atoms with Gasteiger partial charge < -0.3 is 29.9 Å². The highest BCUT2D eigenvalue weighted by Gasteiger charge is 2.62. The van der Waals surface area contributed by atoms with E-state index in [2.05, 4.69) is 33.9 Å². The molecule has 0 aromatic heterocycles. The molecule has 2 aliphatic carbocycles. The molecule has 0 aromatic rings. The smallest absolute Gasteiger partial charge is 0.319 e. The molecule has 13 atom stereocenters. The van der Waals surface area contributed by atoms with E-state index in [4.69, 9.17) is 21.1 Å². The zero-order valence-corrected chi connectivity index (χ0v) is 24.8. The van der Waals surface area contributed by atoms with Crippen molar-refractivity contribution in [1.82, 2.24) is 25.3 Å². The molecule has 7 fully saturated rings. The number of nitrogens with zero attached hydrogens (tertiary/aromatic N) is 3. The summed E-state index contributed by atoms with van der Waals surface area (Å²) in [6.07, 6.45) is 4.35. The first-order valence-electron chi connectivity index (χ1n) is 15.9. The second kappa shape index (κ2) is 11.2. The Morgan fingerprint density at radius 1 is 1.20 bits per heavy atom. The maximum Gasteiger partial charge on any atom is 0.319 e. The summed E-state index contributed by atoms with van der Waals surface area (Å²) in [6, 6.07) is -0.0914. The van der Waals surface area contributed by atoms with Crippen LogP contribution in [0.2, 0.25) is 0 Å². The van der Waals surface area contributed by atoms with Gasteiger partial charge in [-0.05, 0) is 57.1 Å². The van der Waals surface area contributed by atoms with E-state index in [9.17, 15) is 9.59 Å². The van der Waals surface area contributed by atoms with Crippen LogP contribution >= 0.6 is 11.6 Å². The Hall–Kier alpha value is -1.46. The highest BCUT2D eigenvalue weighted by Crippen LogP contribution is 2.51. The summed E-state index contributed by atoms with van der Waals surface area (Å²) in [7, 11) is 0. The fourth-order valence-corrected chi connectivity index (χ4v) is 10.2. The monoisotopic (exact) mass is 593 g/mol. The van der Waals surface area contributed by atoms with Crippen molar-refractivity contribution in [2.45, 2.75) is 99.5 Å². The van der Waals surface area contributed by atoms with E-state index in [0.717, 1.165) is 32.2 Å². The fraction of sp³-hybridized carbons (Fsp3) is 0.867. The Bertz CT molecular complexity index is 1040. The minimum absolute atomic E-state index is 0.0182. The molecule has 0 radical (unpaired) electrons. The van der Waals surface area contributed by atoms with Crippen molar-refractivity contribution in [3.8, 4) is 0 Å². The van der Waals surface area contributed by atoms with Crippen LogP contribution in [-0.2, 0) is 14.3 Å². The second-order valence-electron chi connectivity index (χ2n) is 13.4. The number of amides is 3. The number of nitrogens with one attached hydrogen (secondary N) is 2. The number of carbonyl (C=O) groups is 2. The van der Waals surface area contributed by atoms with Gasteiger partial charge in [0.1, 0.15) is 6.17 Å². The number of fused-ring (bicyclic) bond motifs is 7. The van der Waals surface area contributed by atoms with Gasteiger partial charge in [0.2, 0.25) is 5.91 Å². The maximum absolute atomic E-state index is 15.9. The molecule has 9 nitrogen and oxygen atoms in total. The molecule has 3 amide bonds. The van der Waals surface area contributed by atoms with Crippen molar-refractivity contribution < 1.29 is 23.5 Å². The van der Waals surface area contributed by atoms with Crippen LogP contribution in [0.25, 0.3) is 0 Å². The normalized spacial score (nSPS) is 48.1. The summed E-state index contributed by atoms with van der Waals surface area (Å²) in [5, 5.41) is 6.73. The van der Waals surface area contributed by atoms with Gasteiger partial charge in [0.15, 0.2) is 0 Å². The maximum atomic E-state index is 15.9. The van der Waals surface area contributed by atoms with E-state index in [1.54, 1.807) is 0 Å². The van der Waals surface area contributed by atoms with E-state index < -0.39 is 11.5 Å². The van der Waals surface area contributed by atoms with Crippen molar-refractivity contribution in [1.29, 1.82) is 0 Å². The lowest BCUT2D eigenvalue weighted by atomic mass is 9.63. The zero-order chi connectivity index (χ0) is 28.4. The quantitative estimate of drug-likeness (QED) is 0.378. The molecule has 0 aromatic carbocycles. The fourth-order valence-electron chi connectivity index (χ4n) is 9.73. The van der Waals surface area contributed by atoms with Crippen LogP contribution < -0.4 is 10.6 Å². The Morgan fingerprint density at radius 2 is 2.05 bits per heavy atom. The number of halogens is 2. The average molecular weight is 594 g/mol. The third-order valence-corrected chi connectivity index (χ3v) is 12.1. The summed E-state index contributed by atoms with van der Waals surface area (Å²) in [6.45, 7) is 9.42. The van der Waals surface area contributed by atoms with E-state index in [0.29, 0.717) is 45.7 Å². The second-order valence-corrected chi connectivity index (χ2v) is 13.9. The molecule has 13 unspecified atom stereocenters. The van der Waals surface area contributed by atoms with Crippen molar-refractivity contribution in [2.24, 2.45) is 23.7 Å². The van der Waals surface area contributed by atoms with Crippen molar-refractivity contribution >= 4 is 23.5 Å². The standard InChI is InChI=1S/C30H45ClFN5O4/c1-3-20-27-16(8-9-33-20)14-40-22-7-5-6-19(32)24(22)18-12-21-25-28(26(18)31)41-15-17-13-35(23(38)4-2)10-11-36(17)29(25)34-30(39)37(21)27/h4,16-22,24-29,33H,2-3,5-15H2,1H3,(H,34,39). The minimum atomic E-state index is -0.972. The molecule has 2 bridgehead atoms. The van der Waals surface area contributed by atoms with Crippen LogP contribution in [-0.4, -0.2) is 120 Å². The molecule has 7 rings (SSSR count). The van der Waals surface area contributed by atoms with Crippen molar-refractivity contribution in [3.63, 3.8) is 0 Å². The predicted octanol–water partition coefficient (Wildman–Crippen LogP) is 2.34. The highest BCUT2D eigenvalue weighted by atomic mass is 35.5. The summed E-state index contributed by atoms with van der Waals surface area (Å²) < 4.78 is 29.3. The van der Waals surface area contributed by atoms with Crippen LogP contribution in [0.5, 0.6) is 0 Å². The number of ether oxygens (including phenoxy) is 2. The number of rotatable bonds is 2. The van der Waals surface area contributed by atoms with Gasteiger partial charge in [-0.25, -0.2) is 9.18 Å². The SMILES string of the molecule is C=CC(=O)N1CCN2C(COC3C(Cl)C4CC5C3C2NC(=O)N5C2C(CCNC2CC)COC2CCCC(F)C24)C1. The lowest BCUT2D eigenvalue weighted by molar-refractivity contribution is -0.148. The molecule has 2 saturated carbocycles. The first kappa shape index (κ1) is 28.3. The average Bonchev–Trinajstić information content (AvgIpc) is 3.14. The highest BCUT2D eigenvalue weighted by molar-refractivity contribution is 6.21. The van der Waals surface area contributed by atoms with Gasteiger partial charge in [-0.2, -0.15) is 0 Å². The summed E-state index contributed by atoms with van der Waals surface area (Å²) >= 11 is 7.41. The molecule has 5 aliphatic heterocycles. The number of urea groups is 1. The van der Waals surface area contributed by atoms with Gasteiger partial charge in [-0.15, -0.1) is 11.6 Å². The molecule has 7 aliphatic rings. The predicted molar refractivity (Wildman–Crippen MR) is 152 cm³/mol. The first-order chi connectivity index (χ1) is 19.9. The zero-order valence-electron chi connectivity index (χ0n) is 24.0. The first-order valence-corrected chi connectivity index (χ1v) is 16.4. The van der Waals surface area contributed by atoms with Crippen LogP contribution in [0, 0.1) is 23.7 Å². The van der Waals surface area contributed by atoms with E-state index in [-0.39, 0.29) is 78.2 Å². The molecule has 41 heavy (non-hydrogen) atoms. The van der Waals surface area contributed by atoms with Crippen LogP contribution in [0.4, 0.5) is 9.18 Å². The summed E-state index contributed by atoms with van der Waals surface area (Å²) in [5.74, 6) is -0.415. The molecule has 11 heteroatoms. The minimum Gasteiger partial charge on any atom is -0.377 e. The molecule has 5 saturated heterocycles. The Morgan fingerprint density at radius 3 is 2.85 bits per heavy atom. The van der Waals surface area contributed by atoms with E-state index >= 15 is 4.39 Å². The molecular formula is C30H45ClFN5O4. The Kier molecular flexibility index (Phi) is 7.76. The van der Waals surface area contributed by atoms with Crippen LogP contribution in [0.3, 0.4) is 0 Å². The number of hydrogen-bond acceptors (Lipinski definition) is 6. The van der Waals surface area contributed by atoms with Gasteiger partial charge in [0, 0.05) is 49.5 Å². The van der Waals surface area contributed by atoms with Crippen molar-refractivity contribution in [2.75, 3.05) is 39.4 Å². The molecule has 228 valence electrons. The van der Waals surface area contributed by atoms with Gasteiger partial charge >= 0.3 is 6.03 Å². The van der Waals surface area contributed by atoms with E-state index in [1.807, 2.05) is 4.90 Å². The van der Waals surface area contributed by atoms with Gasteiger partial charge in [-0.1, -0.05) is 13.5 Å². The van der Waals surface area contributed by atoms with Crippen LogP contribution in [0.1, 0.15) is 45.4 Å². The number of alkyl halides is 2. The lowest BCUT2D eigenvalue weighted by Gasteiger charge is -2.61. The van der Waals surface area contributed by atoms with E-state index in [1.165, 1.54) is 6.08 Å². The van der Waals surface area contributed by atoms with Gasteiger partial charge in [0.25, 0.3) is 0 Å². The largest absolute Gasteiger partial charge is 0.377 e. The number of piperidine rings is 1. The third-order valence-electron chi connectivity index (χ3n) is 11.6. The molecular weight excluding hydrogens is 549 g/mol. The Labute approximate surface area is 247 Å². The van der Waals surface area contributed by atoms with Gasteiger partial charge in [0.05, 0.1) is 49.0 Å². The summed E-state index contributed by atoms with van der Waals surface area (Å²) in [4.78, 5) is 33.1. The number of carbonyl (C=O) groups excluding carboxylic acids is 2.